The van der Waals surface area contributed by atoms with Crippen LogP contribution in [0.1, 0.15) is 38.8 Å². The lowest BCUT2D eigenvalue weighted by Gasteiger charge is -2.30. The fourth-order valence-electron chi connectivity index (χ4n) is 2.43. The van der Waals surface area contributed by atoms with Gasteiger partial charge in [0.15, 0.2) is 0 Å². The monoisotopic (exact) mass is 314 g/mol. The van der Waals surface area contributed by atoms with E-state index in [4.69, 9.17) is 14.2 Å². The Hall–Kier alpha value is -2.56. The average molecular weight is 314 g/mol. The second-order valence-corrected chi connectivity index (χ2v) is 6.57. The van der Waals surface area contributed by atoms with Crippen LogP contribution in [-0.2, 0) is 19.1 Å². The Morgan fingerprint density at radius 3 is 2.26 bits per heavy atom. The largest absolute Gasteiger partial charge is 0.483 e. The summed E-state index contributed by atoms with van der Waals surface area (Å²) >= 11 is 0. The number of carbonyl (C=O) groups is 2. The van der Waals surface area contributed by atoms with Crippen molar-refractivity contribution in [3.05, 3.63) is 41.0 Å². The fourth-order valence-corrected chi connectivity index (χ4v) is 2.43. The second-order valence-electron chi connectivity index (χ2n) is 6.57. The van der Waals surface area contributed by atoms with E-state index in [2.05, 4.69) is 0 Å². The summed E-state index contributed by atoms with van der Waals surface area (Å²) in [5, 5.41) is 0. The summed E-state index contributed by atoms with van der Waals surface area (Å²) in [6.07, 6.45) is 5.38. The normalized spacial score (nSPS) is 21.0. The summed E-state index contributed by atoms with van der Waals surface area (Å²) in [4.78, 5) is 23.9. The Labute approximate surface area is 134 Å². The molecule has 0 spiro atoms. The molecule has 5 nitrogen and oxygen atoms in total. The highest BCUT2D eigenvalue weighted by Gasteiger charge is 2.38. The predicted molar refractivity (Wildman–Crippen MR) is 84.4 cm³/mol. The van der Waals surface area contributed by atoms with Crippen LogP contribution in [0, 0.1) is 0 Å². The first kappa shape index (κ1) is 15.3. The van der Waals surface area contributed by atoms with E-state index in [1.54, 1.807) is 6.07 Å². The van der Waals surface area contributed by atoms with Crippen molar-refractivity contribution < 1.29 is 23.8 Å². The van der Waals surface area contributed by atoms with Crippen molar-refractivity contribution in [1.29, 1.82) is 0 Å². The summed E-state index contributed by atoms with van der Waals surface area (Å²) in [5.41, 5.74) is 1.11. The number of cyclic esters (lactones) is 2. The van der Waals surface area contributed by atoms with Gasteiger partial charge in [-0.05, 0) is 43.7 Å². The van der Waals surface area contributed by atoms with Gasteiger partial charge in [-0.2, -0.15) is 0 Å². The molecule has 0 N–H and O–H groups in total. The molecule has 0 saturated carbocycles. The Kier molecular flexibility index (Phi) is 3.32. The minimum atomic E-state index is -1.23. The van der Waals surface area contributed by atoms with Crippen molar-refractivity contribution in [2.24, 2.45) is 0 Å². The third kappa shape index (κ3) is 3.13. The molecule has 0 bridgehead atoms. The molecule has 1 aromatic carbocycles. The number of esters is 2. The van der Waals surface area contributed by atoms with E-state index >= 15 is 0 Å². The minimum Gasteiger partial charge on any atom is -0.483 e. The van der Waals surface area contributed by atoms with E-state index in [1.165, 1.54) is 19.9 Å². The highest BCUT2D eigenvalue weighted by atomic mass is 16.7. The number of benzene rings is 1. The van der Waals surface area contributed by atoms with Crippen LogP contribution >= 0.6 is 0 Å². The molecule has 0 amide bonds. The van der Waals surface area contributed by atoms with E-state index in [9.17, 15) is 9.59 Å². The molecule has 0 aliphatic carbocycles. The quantitative estimate of drug-likeness (QED) is 0.453. The molecule has 23 heavy (non-hydrogen) atoms. The first-order valence-corrected chi connectivity index (χ1v) is 7.36. The number of rotatable bonds is 1. The molecule has 0 atom stereocenters. The summed E-state index contributed by atoms with van der Waals surface area (Å²) in [6, 6.07) is 5.44. The van der Waals surface area contributed by atoms with Crippen LogP contribution in [0.15, 0.2) is 29.8 Å². The number of fused-ring (bicyclic) bond motifs is 1. The van der Waals surface area contributed by atoms with Crippen molar-refractivity contribution in [2.45, 2.75) is 39.1 Å². The zero-order valence-corrected chi connectivity index (χ0v) is 13.5. The Morgan fingerprint density at radius 2 is 1.61 bits per heavy atom. The molecule has 1 saturated heterocycles. The Morgan fingerprint density at radius 1 is 0.957 bits per heavy atom. The molecule has 1 fully saturated rings. The van der Waals surface area contributed by atoms with Crippen molar-refractivity contribution >= 4 is 24.1 Å². The molecular weight excluding hydrogens is 296 g/mol. The van der Waals surface area contributed by atoms with Crippen LogP contribution in [-0.4, -0.2) is 23.3 Å². The molecule has 2 aliphatic heterocycles. The van der Waals surface area contributed by atoms with Gasteiger partial charge in [-0.3, -0.25) is 0 Å². The lowest BCUT2D eigenvalue weighted by atomic mass is 10.00. The molecule has 0 radical (unpaired) electrons. The maximum atomic E-state index is 12.0. The molecule has 3 rings (SSSR count). The zero-order valence-electron chi connectivity index (χ0n) is 13.5. The van der Waals surface area contributed by atoms with Gasteiger partial charge in [0.1, 0.15) is 16.9 Å². The number of carbonyl (C=O) groups excluding carboxylic acids is 2. The van der Waals surface area contributed by atoms with Crippen LogP contribution < -0.4 is 4.74 Å². The van der Waals surface area contributed by atoms with Gasteiger partial charge in [0.25, 0.3) is 5.79 Å². The topological polar surface area (TPSA) is 61.8 Å². The summed E-state index contributed by atoms with van der Waals surface area (Å²) in [7, 11) is 0. The van der Waals surface area contributed by atoms with Crippen LogP contribution in [0.5, 0.6) is 5.75 Å². The second kappa shape index (κ2) is 4.98. The number of hydrogen-bond acceptors (Lipinski definition) is 5. The minimum absolute atomic E-state index is 0.120. The molecule has 1 aromatic rings. The van der Waals surface area contributed by atoms with Gasteiger partial charge in [0.2, 0.25) is 0 Å². The highest BCUT2D eigenvalue weighted by molar-refractivity contribution is 6.18. The standard InChI is InChI=1S/C18H18O5/c1-17(2)8-7-12-9-11(5-6-14(12)21-17)10-13-15(19)22-18(3,4)23-16(13)20/h5-10H,1-4H3. The number of hydrogen-bond donors (Lipinski definition) is 0. The smallest absolute Gasteiger partial charge is 0.348 e. The lowest BCUT2D eigenvalue weighted by Crippen LogP contribution is -2.41. The van der Waals surface area contributed by atoms with Crippen LogP contribution in [0.2, 0.25) is 0 Å². The van der Waals surface area contributed by atoms with Gasteiger partial charge in [0.05, 0.1) is 0 Å². The molecule has 0 aromatic heterocycles. The van der Waals surface area contributed by atoms with E-state index in [1.807, 2.05) is 38.1 Å². The predicted octanol–water partition coefficient (Wildman–Crippen LogP) is 3.09. The SMILES string of the molecule is CC1(C)C=Cc2cc(C=C3C(=O)OC(C)(C)OC3=O)ccc2O1. The van der Waals surface area contributed by atoms with Crippen molar-refractivity contribution in [2.75, 3.05) is 0 Å². The van der Waals surface area contributed by atoms with E-state index in [0.717, 1.165) is 11.3 Å². The Bertz CT molecular complexity index is 731. The molecule has 120 valence electrons. The van der Waals surface area contributed by atoms with Gasteiger partial charge in [-0.1, -0.05) is 12.1 Å². The third-order valence-corrected chi connectivity index (χ3v) is 3.50. The van der Waals surface area contributed by atoms with Gasteiger partial charge >= 0.3 is 11.9 Å². The van der Waals surface area contributed by atoms with E-state index < -0.39 is 17.7 Å². The molecule has 0 unspecified atom stereocenters. The first-order valence-electron chi connectivity index (χ1n) is 7.36. The summed E-state index contributed by atoms with van der Waals surface area (Å²) in [6.45, 7) is 6.97. The van der Waals surface area contributed by atoms with Crippen LogP contribution in [0.4, 0.5) is 0 Å². The van der Waals surface area contributed by atoms with Gasteiger partial charge in [-0.25, -0.2) is 9.59 Å². The first-order chi connectivity index (χ1) is 10.7. The van der Waals surface area contributed by atoms with Crippen LogP contribution in [0.25, 0.3) is 12.2 Å². The van der Waals surface area contributed by atoms with Crippen LogP contribution in [0.3, 0.4) is 0 Å². The van der Waals surface area contributed by atoms with E-state index in [0.29, 0.717) is 5.56 Å². The summed E-state index contributed by atoms with van der Waals surface area (Å²) in [5.74, 6) is -1.84. The Balaban J connectivity index is 1.92. The van der Waals surface area contributed by atoms with Crippen molar-refractivity contribution in [3.63, 3.8) is 0 Å². The molecule has 5 heteroatoms. The molecule has 2 aliphatic rings. The molecular formula is C18H18O5. The average Bonchev–Trinajstić information content (AvgIpc) is 2.41. The maximum absolute atomic E-state index is 12.0. The zero-order chi connectivity index (χ0) is 16.8. The van der Waals surface area contributed by atoms with Gasteiger partial charge in [0, 0.05) is 19.4 Å². The summed E-state index contributed by atoms with van der Waals surface area (Å²) < 4.78 is 16.0. The van der Waals surface area contributed by atoms with Crippen molar-refractivity contribution in [1.82, 2.24) is 0 Å². The van der Waals surface area contributed by atoms with E-state index in [-0.39, 0.29) is 11.2 Å². The fraction of sp³-hybridized carbons (Fsp3) is 0.333. The van der Waals surface area contributed by atoms with Gasteiger partial charge in [-0.15, -0.1) is 0 Å². The number of ether oxygens (including phenoxy) is 3. The third-order valence-electron chi connectivity index (χ3n) is 3.50. The maximum Gasteiger partial charge on any atom is 0.348 e. The van der Waals surface area contributed by atoms with Gasteiger partial charge < -0.3 is 14.2 Å². The molecule has 2 heterocycles. The lowest BCUT2D eigenvalue weighted by molar-refractivity contribution is -0.222. The van der Waals surface area contributed by atoms with Crippen molar-refractivity contribution in [3.8, 4) is 5.75 Å². The highest BCUT2D eigenvalue weighted by Crippen LogP contribution is 2.32.